The molecule has 1 aliphatic rings. The molecule has 134 valence electrons. The van der Waals surface area contributed by atoms with Crippen molar-refractivity contribution in [3.05, 3.63) is 53.3 Å². The van der Waals surface area contributed by atoms with Gasteiger partial charge in [-0.15, -0.1) is 0 Å². The molecule has 0 saturated carbocycles. The minimum absolute atomic E-state index is 0.280. The minimum Gasteiger partial charge on any atom is -0.338 e. The first-order valence-electron chi connectivity index (χ1n) is 8.93. The average Bonchev–Trinajstić information content (AvgIpc) is 3.08. The van der Waals surface area contributed by atoms with E-state index < -0.39 is 5.82 Å². The first-order valence-corrected chi connectivity index (χ1v) is 8.93. The van der Waals surface area contributed by atoms with E-state index in [1.807, 2.05) is 30.1 Å². The molecule has 2 N–H and O–H groups in total. The van der Waals surface area contributed by atoms with Crippen LogP contribution in [0.3, 0.4) is 0 Å². The maximum atomic E-state index is 14.7. The van der Waals surface area contributed by atoms with Crippen molar-refractivity contribution in [2.75, 3.05) is 13.1 Å². The Labute approximate surface area is 151 Å². The van der Waals surface area contributed by atoms with E-state index in [0.29, 0.717) is 17.0 Å². The third-order valence-electron chi connectivity index (χ3n) is 4.82. The van der Waals surface area contributed by atoms with E-state index in [-0.39, 0.29) is 5.91 Å². The highest BCUT2D eigenvalue weighted by Crippen LogP contribution is 2.25. The molecule has 5 nitrogen and oxygen atoms in total. The number of aromatic amines is 1. The van der Waals surface area contributed by atoms with Gasteiger partial charge in [-0.3, -0.25) is 10.2 Å². The number of fused-ring (bicyclic) bond motifs is 1. The summed E-state index contributed by atoms with van der Waals surface area (Å²) in [6.07, 6.45) is 3.32. The third-order valence-corrected chi connectivity index (χ3v) is 4.82. The molecule has 0 bridgehead atoms. The Balaban J connectivity index is 1.58. The van der Waals surface area contributed by atoms with E-state index in [9.17, 15) is 9.18 Å². The normalized spacial score (nSPS) is 15.3. The number of aromatic nitrogens is 2. The molecule has 2 aromatic carbocycles. The summed E-state index contributed by atoms with van der Waals surface area (Å²) in [5.41, 5.74) is 6.25. The first-order chi connectivity index (χ1) is 12.6. The van der Waals surface area contributed by atoms with Crippen molar-refractivity contribution in [3.8, 4) is 11.4 Å². The molecule has 3 aromatic rings. The van der Waals surface area contributed by atoms with Gasteiger partial charge in [0.1, 0.15) is 11.6 Å². The fraction of sp³-hybridized carbons (Fsp3) is 0.300. The number of H-pyrrole nitrogens is 1. The van der Waals surface area contributed by atoms with Crippen LogP contribution < -0.4 is 5.43 Å². The third kappa shape index (κ3) is 3.20. The molecule has 26 heavy (non-hydrogen) atoms. The number of para-hydroxylation sites is 1. The molecule has 0 unspecified atom stereocenters. The monoisotopic (exact) mass is 352 g/mol. The predicted molar refractivity (Wildman–Crippen MR) is 99.1 cm³/mol. The van der Waals surface area contributed by atoms with Crippen LogP contribution in [0.4, 0.5) is 4.39 Å². The molecule has 6 heteroatoms. The second kappa shape index (κ2) is 6.88. The van der Waals surface area contributed by atoms with Gasteiger partial charge < -0.3 is 4.98 Å². The van der Waals surface area contributed by atoms with Crippen molar-refractivity contribution < 1.29 is 9.18 Å². The van der Waals surface area contributed by atoms with Crippen LogP contribution in [0.5, 0.6) is 0 Å². The van der Waals surface area contributed by atoms with Crippen molar-refractivity contribution in [3.63, 3.8) is 0 Å². The van der Waals surface area contributed by atoms with Crippen molar-refractivity contribution in [2.45, 2.75) is 26.2 Å². The van der Waals surface area contributed by atoms with E-state index in [1.54, 1.807) is 12.1 Å². The Hall–Kier alpha value is -2.73. The molecule has 0 atom stereocenters. The number of hydrazine groups is 1. The summed E-state index contributed by atoms with van der Waals surface area (Å²) in [5, 5.41) is 1.90. The summed E-state index contributed by atoms with van der Waals surface area (Å²) in [5.74, 6) is -0.277. The van der Waals surface area contributed by atoms with Crippen LogP contribution in [-0.2, 0) is 0 Å². The molecular formula is C20H21FN4O. The molecular weight excluding hydrogens is 331 g/mol. The average molecular weight is 352 g/mol. The molecule has 1 amide bonds. The lowest BCUT2D eigenvalue weighted by Gasteiger charge is -2.26. The van der Waals surface area contributed by atoms with Crippen LogP contribution in [-0.4, -0.2) is 34.0 Å². The van der Waals surface area contributed by atoms with Crippen LogP contribution in [0, 0.1) is 12.7 Å². The summed E-state index contributed by atoms with van der Waals surface area (Å²) >= 11 is 0. The smallest absolute Gasteiger partial charge is 0.265 e. The number of imidazole rings is 1. The number of nitrogens with one attached hydrogen (secondary N) is 2. The van der Waals surface area contributed by atoms with Gasteiger partial charge in [0, 0.05) is 18.7 Å². The van der Waals surface area contributed by atoms with Crippen LogP contribution in [0.15, 0.2) is 36.4 Å². The van der Waals surface area contributed by atoms with Crippen LogP contribution in [0.2, 0.25) is 0 Å². The summed E-state index contributed by atoms with van der Waals surface area (Å²) in [6.45, 7) is 3.65. The van der Waals surface area contributed by atoms with Gasteiger partial charge in [-0.2, -0.15) is 0 Å². The van der Waals surface area contributed by atoms with E-state index in [0.717, 1.165) is 42.5 Å². The number of nitrogens with zero attached hydrogens (tertiary/aromatic N) is 2. The van der Waals surface area contributed by atoms with Gasteiger partial charge in [0.25, 0.3) is 5.91 Å². The number of piperidine rings is 1. The highest BCUT2D eigenvalue weighted by Gasteiger charge is 2.17. The molecule has 0 spiro atoms. The topological polar surface area (TPSA) is 61.0 Å². The number of halogens is 1. The second-order valence-corrected chi connectivity index (χ2v) is 6.74. The Morgan fingerprint density at radius 2 is 2.00 bits per heavy atom. The van der Waals surface area contributed by atoms with Crippen molar-refractivity contribution in [2.24, 2.45) is 0 Å². The largest absolute Gasteiger partial charge is 0.338 e. The number of hydrogen-bond donors (Lipinski definition) is 2. The van der Waals surface area contributed by atoms with Crippen molar-refractivity contribution in [1.29, 1.82) is 0 Å². The van der Waals surface area contributed by atoms with Crippen LogP contribution in [0.1, 0.15) is 35.2 Å². The Morgan fingerprint density at radius 1 is 1.19 bits per heavy atom. The van der Waals surface area contributed by atoms with E-state index >= 15 is 0 Å². The maximum absolute atomic E-state index is 14.7. The number of carbonyl (C=O) groups is 1. The molecule has 1 fully saturated rings. The molecule has 4 rings (SSSR count). The number of aryl methyl sites for hydroxylation is 1. The Kier molecular flexibility index (Phi) is 4.42. The first kappa shape index (κ1) is 16.7. The van der Waals surface area contributed by atoms with Gasteiger partial charge >= 0.3 is 0 Å². The second-order valence-electron chi connectivity index (χ2n) is 6.74. The number of hydrogen-bond acceptors (Lipinski definition) is 3. The van der Waals surface area contributed by atoms with E-state index in [2.05, 4.69) is 15.4 Å². The summed E-state index contributed by atoms with van der Waals surface area (Å²) in [7, 11) is 0. The standard InChI is InChI=1S/C20H21FN4O/c1-13-6-5-7-17-18(13)23-19(22-17)15-9-8-14(12-16(15)21)20(26)24-25-10-3-2-4-11-25/h5-9,12H,2-4,10-11H2,1H3,(H,22,23)(H,24,26). The lowest BCUT2D eigenvalue weighted by atomic mass is 10.1. The maximum Gasteiger partial charge on any atom is 0.265 e. The molecule has 0 radical (unpaired) electrons. The molecule has 1 aromatic heterocycles. The van der Waals surface area contributed by atoms with Gasteiger partial charge in [-0.05, 0) is 49.6 Å². The van der Waals surface area contributed by atoms with Gasteiger partial charge in [0.2, 0.25) is 0 Å². The van der Waals surface area contributed by atoms with Crippen LogP contribution in [0.25, 0.3) is 22.4 Å². The highest BCUT2D eigenvalue weighted by molar-refractivity contribution is 5.94. The van der Waals surface area contributed by atoms with E-state index in [1.165, 1.54) is 12.5 Å². The van der Waals surface area contributed by atoms with Gasteiger partial charge in [0.05, 0.1) is 16.6 Å². The minimum atomic E-state index is -0.465. The summed E-state index contributed by atoms with van der Waals surface area (Å²) in [4.78, 5) is 20.0. The SMILES string of the molecule is Cc1cccc2[nH]c(-c3ccc(C(=O)NN4CCCCC4)cc3F)nc12. The number of amides is 1. The lowest BCUT2D eigenvalue weighted by Crippen LogP contribution is -2.45. The fourth-order valence-corrected chi connectivity index (χ4v) is 3.37. The fourth-order valence-electron chi connectivity index (χ4n) is 3.37. The van der Waals surface area contributed by atoms with Gasteiger partial charge in [-0.25, -0.2) is 14.4 Å². The molecule has 1 aliphatic heterocycles. The molecule has 1 saturated heterocycles. The zero-order chi connectivity index (χ0) is 18.1. The highest BCUT2D eigenvalue weighted by atomic mass is 19.1. The molecule has 0 aliphatic carbocycles. The summed E-state index contributed by atoms with van der Waals surface area (Å²) in [6, 6.07) is 10.3. The number of rotatable bonds is 3. The van der Waals surface area contributed by atoms with Crippen molar-refractivity contribution in [1.82, 2.24) is 20.4 Å². The van der Waals surface area contributed by atoms with E-state index in [4.69, 9.17) is 0 Å². The zero-order valence-corrected chi connectivity index (χ0v) is 14.7. The Bertz CT molecular complexity index is 960. The van der Waals surface area contributed by atoms with Crippen LogP contribution >= 0.6 is 0 Å². The molecule has 2 heterocycles. The number of benzene rings is 2. The predicted octanol–water partition coefficient (Wildman–Crippen LogP) is 3.81. The summed E-state index contributed by atoms with van der Waals surface area (Å²) < 4.78 is 14.7. The van der Waals surface area contributed by atoms with Gasteiger partial charge in [0.15, 0.2) is 0 Å². The zero-order valence-electron chi connectivity index (χ0n) is 14.7. The Morgan fingerprint density at radius 3 is 2.73 bits per heavy atom. The lowest BCUT2D eigenvalue weighted by molar-refractivity contribution is 0.0749. The quantitative estimate of drug-likeness (QED) is 0.753. The van der Waals surface area contributed by atoms with Gasteiger partial charge in [-0.1, -0.05) is 18.6 Å². The number of carbonyl (C=O) groups excluding carboxylic acids is 1. The van der Waals surface area contributed by atoms with Crippen molar-refractivity contribution >= 4 is 16.9 Å².